The minimum Gasteiger partial charge on any atom is -0.352 e. The van der Waals surface area contributed by atoms with Gasteiger partial charge in [0.25, 0.3) is 5.91 Å². The van der Waals surface area contributed by atoms with Gasteiger partial charge in [-0.25, -0.2) is 0 Å². The van der Waals surface area contributed by atoms with Gasteiger partial charge in [0.15, 0.2) is 0 Å². The number of rotatable bonds is 8. The molecule has 21 heavy (non-hydrogen) atoms. The van der Waals surface area contributed by atoms with E-state index in [9.17, 15) is 9.59 Å². The van der Waals surface area contributed by atoms with Crippen LogP contribution >= 0.6 is 11.8 Å². The molecule has 0 fully saturated rings. The van der Waals surface area contributed by atoms with Gasteiger partial charge < -0.3 is 10.6 Å². The van der Waals surface area contributed by atoms with Gasteiger partial charge in [-0.15, -0.1) is 0 Å². The van der Waals surface area contributed by atoms with Crippen molar-refractivity contribution in [3.8, 4) is 0 Å². The summed E-state index contributed by atoms with van der Waals surface area (Å²) >= 11 is 1.66. The van der Waals surface area contributed by atoms with Crippen molar-refractivity contribution < 1.29 is 9.59 Å². The van der Waals surface area contributed by atoms with Gasteiger partial charge in [0.1, 0.15) is 6.04 Å². The monoisotopic (exact) mass is 308 g/mol. The van der Waals surface area contributed by atoms with Crippen LogP contribution in [0.25, 0.3) is 0 Å². The molecule has 0 bridgehead atoms. The summed E-state index contributed by atoms with van der Waals surface area (Å²) in [4.78, 5) is 24.4. The summed E-state index contributed by atoms with van der Waals surface area (Å²) in [5.41, 5.74) is 0.572. The van der Waals surface area contributed by atoms with E-state index >= 15 is 0 Å². The fourth-order valence-electron chi connectivity index (χ4n) is 1.78. The molecule has 0 saturated carbocycles. The third kappa shape index (κ3) is 6.21. The van der Waals surface area contributed by atoms with E-state index in [0.29, 0.717) is 12.0 Å². The van der Waals surface area contributed by atoms with Crippen molar-refractivity contribution in [2.75, 3.05) is 12.0 Å². The van der Waals surface area contributed by atoms with Crippen LogP contribution in [0.3, 0.4) is 0 Å². The molecule has 0 heterocycles. The number of thioether (sulfide) groups is 1. The van der Waals surface area contributed by atoms with E-state index in [2.05, 4.69) is 10.6 Å². The van der Waals surface area contributed by atoms with Crippen molar-refractivity contribution >= 4 is 23.6 Å². The van der Waals surface area contributed by atoms with E-state index < -0.39 is 6.04 Å². The van der Waals surface area contributed by atoms with Crippen molar-refractivity contribution in [2.24, 2.45) is 0 Å². The first-order valence-corrected chi connectivity index (χ1v) is 8.63. The molecule has 0 aliphatic carbocycles. The number of amides is 2. The molecule has 0 spiro atoms. The van der Waals surface area contributed by atoms with E-state index in [1.165, 1.54) is 0 Å². The van der Waals surface area contributed by atoms with Crippen LogP contribution in [0.15, 0.2) is 30.3 Å². The van der Waals surface area contributed by atoms with Crippen molar-refractivity contribution in [2.45, 2.75) is 38.8 Å². The molecule has 0 aliphatic heterocycles. The second-order valence-electron chi connectivity index (χ2n) is 4.99. The first-order chi connectivity index (χ1) is 10.1. The molecule has 116 valence electrons. The van der Waals surface area contributed by atoms with Crippen molar-refractivity contribution in [1.29, 1.82) is 0 Å². The van der Waals surface area contributed by atoms with Gasteiger partial charge in [-0.05, 0) is 43.9 Å². The SMILES string of the molecule is CC[C@@H](C)NC(=O)[C@@H](CCSC)NC(=O)c1ccccc1. The summed E-state index contributed by atoms with van der Waals surface area (Å²) in [5, 5.41) is 5.77. The maximum absolute atomic E-state index is 12.3. The minimum atomic E-state index is -0.487. The molecule has 2 amide bonds. The highest BCUT2D eigenvalue weighted by Crippen LogP contribution is 2.05. The quantitative estimate of drug-likeness (QED) is 0.775. The lowest BCUT2D eigenvalue weighted by Gasteiger charge is -2.20. The molecule has 2 atom stereocenters. The first kappa shape index (κ1) is 17.6. The lowest BCUT2D eigenvalue weighted by atomic mass is 10.1. The molecular weight excluding hydrogens is 284 g/mol. The summed E-state index contributed by atoms with van der Waals surface area (Å²) in [6, 6.07) is 8.59. The van der Waals surface area contributed by atoms with E-state index in [0.717, 1.165) is 12.2 Å². The van der Waals surface area contributed by atoms with Gasteiger partial charge in [-0.1, -0.05) is 25.1 Å². The van der Waals surface area contributed by atoms with E-state index in [4.69, 9.17) is 0 Å². The van der Waals surface area contributed by atoms with Gasteiger partial charge in [-0.2, -0.15) is 11.8 Å². The number of carbonyl (C=O) groups excluding carboxylic acids is 2. The molecule has 2 N–H and O–H groups in total. The summed E-state index contributed by atoms with van der Waals surface area (Å²) in [5.74, 6) is 0.511. The summed E-state index contributed by atoms with van der Waals surface area (Å²) in [7, 11) is 0. The summed E-state index contributed by atoms with van der Waals surface area (Å²) in [6.45, 7) is 3.98. The average molecular weight is 308 g/mol. The van der Waals surface area contributed by atoms with Gasteiger partial charge >= 0.3 is 0 Å². The van der Waals surface area contributed by atoms with Crippen LogP contribution < -0.4 is 10.6 Å². The molecule has 5 heteroatoms. The van der Waals surface area contributed by atoms with Crippen LogP contribution in [0.5, 0.6) is 0 Å². The predicted octanol–water partition coefficient (Wildman–Crippen LogP) is 2.45. The summed E-state index contributed by atoms with van der Waals surface area (Å²) < 4.78 is 0. The number of carbonyl (C=O) groups is 2. The van der Waals surface area contributed by atoms with Crippen LogP contribution in [0.4, 0.5) is 0 Å². The molecule has 1 aromatic rings. The zero-order valence-electron chi connectivity index (χ0n) is 12.9. The molecule has 0 unspecified atom stereocenters. The van der Waals surface area contributed by atoms with E-state index in [1.54, 1.807) is 23.9 Å². The highest BCUT2D eigenvalue weighted by atomic mass is 32.2. The number of hydrogen-bond donors (Lipinski definition) is 2. The standard InChI is InChI=1S/C16H24N2O2S/c1-4-12(2)17-16(20)14(10-11-21-3)18-15(19)13-8-6-5-7-9-13/h5-9,12,14H,4,10-11H2,1-3H3,(H,17,20)(H,18,19)/t12-,14-/m1/s1. The van der Waals surface area contributed by atoms with E-state index in [-0.39, 0.29) is 17.9 Å². The Morgan fingerprint density at radius 3 is 2.43 bits per heavy atom. The van der Waals surface area contributed by atoms with Crippen LogP contribution in [0.2, 0.25) is 0 Å². The third-order valence-corrected chi connectivity index (χ3v) is 3.91. The lowest BCUT2D eigenvalue weighted by molar-refractivity contribution is -0.123. The Bertz CT molecular complexity index is 451. The Morgan fingerprint density at radius 2 is 1.86 bits per heavy atom. The molecule has 1 rings (SSSR count). The molecule has 0 aromatic heterocycles. The molecular formula is C16H24N2O2S. The zero-order chi connectivity index (χ0) is 15.7. The fraction of sp³-hybridized carbons (Fsp3) is 0.500. The lowest BCUT2D eigenvalue weighted by Crippen LogP contribution is -2.49. The maximum atomic E-state index is 12.3. The molecule has 4 nitrogen and oxygen atoms in total. The van der Waals surface area contributed by atoms with Gasteiger partial charge in [0.2, 0.25) is 5.91 Å². The topological polar surface area (TPSA) is 58.2 Å². The maximum Gasteiger partial charge on any atom is 0.251 e. The third-order valence-electron chi connectivity index (χ3n) is 3.27. The number of hydrogen-bond acceptors (Lipinski definition) is 3. The van der Waals surface area contributed by atoms with Crippen LogP contribution in [-0.2, 0) is 4.79 Å². The minimum absolute atomic E-state index is 0.109. The Hall–Kier alpha value is -1.49. The normalized spacial score (nSPS) is 13.3. The smallest absolute Gasteiger partial charge is 0.251 e. The molecule has 0 aliphatic rings. The van der Waals surface area contributed by atoms with E-state index in [1.807, 2.05) is 38.3 Å². The molecule has 1 aromatic carbocycles. The Kier molecular flexibility index (Phi) is 7.90. The van der Waals surface area contributed by atoms with Crippen molar-refractivity contribution in [1.82, 2.24) is 10.6 Å². The highest BCUT2D eigenvalue weighted by molar-refractivity contribution is 7.98. The van der Waals surface area contributed by atoms with Crippen LogP contribution in [0.1, 0.15) is 37.0 Å². The first-order valence-electron chi connectivity index (χ1n) is 7.23. The Balaban J connectivity index is 2.69. The molecule has 0 radical (unpaired) electrons. The predicted molar refractivity (Wildman–Crippen MR) is 88.6 cm³/mol. The van der Waals surface area contributed by atoms with Gasteiger partial charge in [0.05, 0.1) is 0 Å². The number of benzene rings is 1. The average Bonchev–Trinajstić information content (AvgIpc) is 2.51. The van der Waals surface area contributed by atoms with Gasteiger partial charge in [0, 0.05) is 11.6 Å². The summed E-state index contributed by atoms with van der Waals surface area (Å²) in [6.07, 6.45) is 3.48. The Morgan fingerprint density at radius 1 is 1.19 bits per heavy atom. The van der Waals surface area contributed by atoms with Crippen LogP contribution in [-0.4, -0.2) is 35.9 Å². The number of nitrogens with one attached hydrogen (secondary N) is 2. The van der Waals surface area contributed by atoms with Crippen molar-refractivity contribution in [3.05, 3.63) is 35.9 Å². The second-order valence-corrected chi connectivity index (χ2v) is 5.98. The highest BCUT2D eigenvalue weighted by Gasteiger charge is 2.21. The fourth-order valence-corrected chi connectivity index (χ4v) is 2.25. The Labute approximate surface area is 131 Å². The largest absolute Gasteiger partial charge is 0.352 e. The van der Waals surface area contributed by atoms with Crippen LogP contribution in [0, 0.1) is 0 Å². The van der Waals surface area contributed by atoms with Gasteiger partial charge in [-0.3, -0.25) is 9.59 Å². The van der Waals surface area contributed by atoms with Crippen molar-refractivity contribution in [3.63, 3.8) is 0 Å². The molecule has 0 saturated heterocycles. The zero-order valence-corrected chi connectivity index (χ0v) is 13.7. The second kappa shape index (κ2) is 9.45.